The molecule has 0 spiro atoms. The highest BCUT2D eigenvalue weighted by molar-refractivity contribution is 5.35. The standard InChI is InChI=1S/C11H16N2O/c1-8-2-3-9(8)7-14-11-5-4-10(12)6-13-11/h4-6,8-9H,2-3,7,12H2,1H3/t8-,9-/m1/s1. The van der Waals surface area contributed by atoms with Crippen molar-refractivity contribution in [2.45, 2.75) is 19.8 Å². The van der Waals surface area contributed by atoms with E-state index in [1.807, 2.05) is 12.1 Å². The first-order chi connectivity index (χ1) is 6.75. The zero-order valence-electron chi connectivity index (χ0n) is 8.44. The van der Waals surface area contributed by atoms with Crippen LogP contribution in [-0.2, 0) is 0 Å². The molecule has 0 aliphatic heterocycles. The van der Waals surface area contributed by atoms with Gasteiger partial charge in [-0.1, -0.05) is 6.92 Å². The molecule has 3 heteroatoms. The molecule has 1 aliphatic rings. The van der Waals surface area contributed by atoms with E-state index in [9.17, 15) is 0 Å². The Labute approximate surface area is 84.3 Å². The van der Waals surface area contributed by atoms with Crippen LogP contribution in [0.15, 0.2) is 18.3 Å². The third-order valence-corrected chi connectivity index (χ3v) is 3.00. The summed E-state index contributed by atoms with van der Waals surface area (Å²) in [6, 6.07) is 3.63. The van der Waals surface area contributed by atoms with Crippen molar-refractivity contribution < 1.29 is 4.74 Å². The lowest BCUT2D eigenvalue weighted by molar-refractivity contribution is 0.113. The molecule has 0 aromatic carbocycles. The van der Waals surface area contributed by atoms with E-state index in [0.717, 1.165) is 12.5 Å². The highest BCUT2D eigenvalue weighted by Gasteiger charge is 2.27. The van der Waals surface area contributed by atoms with Crippen LogP contribution in [0.4, 0.5) is 5.69 Å². The molecule has 3 nitrogen and oxygen atoms in total. The van der Waals surface area contributed by atoms with Gasteiger partial charge < -0.3 is 10.5 Å². The first-order valence-electron chi connectivity index (χ1n) is 5.10. The summed E-state index contributed by atoms with van der Waals surface area (Å²) in [4.78, 5) is 4.09. The SMILES string of the molecule is C[C@@H]1CC[C@@H]1COc1ccc(N)cn1. The molecule has 14 heavy (non-hydrogen) atoms. The summed E-state index contributed by atoms with van der Waals surface area (Å²) in [5.74, 6) is 2.21. The highest BCUT2D eigenvalue weighted by atomic mass is 16.5. The minimum absolute atomic E-state index is 0.675. The summed E-state index contributed by atoms with van der Waals surface area (Å²) >= 11 is 0. The van der Waals surface area contributed by atoms with Crippen molar-refractivity contribution in [2.24, 2.45) is 11.8 Å². The number of anilines is 1. The summed E-state index contributed by atoms with van der Waals surface area (Å²) in [6.07, 6.45) is 4.25. The number of pyridine rings is 1. The Kier molecular flexibility index (Phi) is 2.57. The zero-order chi connectivity index (χ0) is 9.97. The second kappa shape index (κ2) is 3.86. The molecule has 0 bridgehead atoms. The molecule has 76 valence electrons. The number of nitrogens with two attached hydrogens (primary N) is 1. The van der Waals surface area contributed by atoms with Crippen LogP contribution in [0.2, 0.25) is 0 Å². The predicted octanol–water partition coefficient (Wildman–Crippen LogP) is 2.09. The van der Waals surface area contributed by atoms with Gasteiger partial charge >= 0.3 is 0 Å². The van der Waals surface area contributed by atoms with Crippen LogP contribution in [0.1, 0.15) is 19.8 Å². The van der Waals surface area contributed by atoms with Crippen molar-refractivity contribution in [1.82, 2.24) is 4.98 Å². The van der Waals surface area contributed by atoms with E-state index in [1.54, 1.807) is 6.20 Å². The van der Waals surface area contributed by atoms with Crippen molar-refractivity contribution in [3.8, 4) is 5.88 Å². The summed E-state index contributed by atoms with van der Waals surface area (Å²) in [5, 5.41) is 0. The van der Waals surface area contributed by atoms with Crippen molar-refractivity contribution in [3.05, 3.63) is 18.3 Å². The Morgan fingerprint density at radius 2 is 2.36 bits per heavy atom. The first-order valence-corrected chi connectivity index (χ1v) is 5.10. The van der Waals surface area contributed by atoms with E-state index in [2.05, 4.69) is 11.9 Å². The molecule has 2 atom stereocenters. The average Bonchev–Trinajstić information content (AvgIpc) is 2.19. The lowest BCUT2D eigenvalue weighted by atomic mass is 9.75. The maximum Gasteiger partial charge on any atom is 0.213 e. The summed E-state index contributed by atoms with van der Waals surface area (Å²) in [5.41, 5.74) is 6.20. The molecule has 1 aromatic heterocycles. The van der Waals surface area contributed by atoms with Gasteiger partial charge in [-0.2, -0.15) is 0 Å². The van der Waals surface area contributed by atoms with E-state index in [0.29, 0.717) is 17.5 Å². The van der Waals surface area contributed by atoms with E-state index in [1.165, 1.54) is 12.8 Å². The molecular formula is C11H16N2O. The summed E-state index contributed by atoms with van der Waals surface area (Å²) < 4.78 is 5.57. The molecule has 1 aromatic rings. The Morgan fingerprint density at radius 1 is 1.50 bits per heavy atom. The molecule has 0 radical (unpaired) electrons. The quantitative estimate of drug-likeness (QED) is 0.797. The number of ether oxygens (including phenoxy) is 1. The van der Waals surface area contributed by atoms with E-state index < -0.39 is 0 Å². The van der Waals surface area contributed by atoms with Gasteiger partial charge in [0.1, 0.15) is 0 Å². The van der Waals surface area contributed by atoms with Gasteiger partial charge in [0.15, 0.2) is 0 Å². The third-order valence-electron chi connectivity index (χ3n) is 3.00. The second-order valence-corrected chi connectivity index (χ2v) is 4.06. The van der Waals surface area contributed by atoms with Gasteiger partial charge in [0.2, 0.25) is 5.88 Å². The fourth-order valence-electron chi connectivity index (χ4n) is 1.65. The van der Waals surface area contributed by atoms with Crippen LogP contribution in [0.3, 0.4) is 0 Å². The topological polar surface area (TPSA) is 48.1 Å². The largest absolute Gasteiger partial charge is 0.477 e. The first kappa shape index (κ1) is 9.31. The number of aromatic nitrogens is 1. The molecule has 1 aliphatic carbocycles. The Bertz CT molecular complexity index is 297. The Hall–Kier alpha value is -1.25. The van der Waals surface area contributed by atoms with Crippen molar-refractivity contribution in [2.75, 3.05) is 12.3 Å². The number of rotatable bonds is 3. The normalized spacial score (nSPS) is 25.5. The Balaban J connectivity index is 1.83. The molecule has 2 N–H and O–H groups in total. The highest BCUT2D eigenvalue weighted by Crippen LogP contribution is 2.33. The molecule has 1 saturated carbocycles. The maximum atomic E-state index is 5.57. The van der Waals surface area contributed by atoms with Gasteiger partial charge in [0, 0.05) is 6.07 Å². The minimum atomic E-state index is 0.675. The molecule has 1 fully saturated rings. The van der Waals surface area contributed by atoms with E-state index in [4.69, 9.17) is 10.5 Å². The van der Waals surface area contributed by atoms with Gasteiger partial charge in [-0.15, -0.1) is 0 Å². The van der Waals surface area contributed by atoms with Gasteiger partial charge in [-0.05, 0) is 30.7 Å². The Morgan fingerprint density at radius 3 is 2.86 bits per heavy atom. The third kappa shape index (κ3) is 1.97. The van der Waals surface area contributed by atoms with Crippen LogP contribution in [0, 0.1) is 11.8 Å². The average molecular weight is 192 g/mol. The molecule has 0 amide bonds. The molecule has 1 heterocycles. The lowest BCUT2D eigenvalue weighted by Crippen LogP contribution is -2.28. The molecular weight excluding hydrogens is 176 g/mol. The van der Waals surface area contributed by atoms with Crippen molar-refractivity contribution >= 4 is 5.69 Å². The minimum Gasteiger partial charge on any atom is -0.477 e. The zero-order valence-corrected chi connectivity index (χ0v) is 8.44. The van der Waals surface area contributed by atoms with E-state index >= 15 is 0 Å². The van der Waals surface area contributed by atoms with Crippen molar-refractivity contribution in [3.63, 3.8) is 0 Å². The molecule has 0 unspecified atom stereocenters. The van der Waals surface area contributed by atoms with Crippen LogP contribution < -0.4 is 10.5 Å². The molecule has 2 rings (SSSR count). The van der Waals surface area contributed by atoms with Gasteiger partial charge in [0.05, 0.1) is 18.5 Å². The summed E-state index contributed by atoms with van der Waals surface area (Å²) in [6.45, 7) is 3.06. The lowest BCUT2D eigenvalue weighted by Gasteiger charge is -2.33. The van der Waals surface area contributed by atoms with Crippen LogP contribution in [0.25, 0.3) is 0 Å². The number of nitrogens with zero attached hydrogens (tertiary/aromatic N) is 1. The second-order valence-electron chi connectivity index (χ2n) is 4.06. The van der Waals surface area contributed by atoms with Gasteiger partial charge in [-0.25, -0.2) is 4.98 Å². The van der Waals surface area contributed by atoms with E-state index in [-0.39, 0.29) is 0 Å². The summed E-state index contributed by atoms with van der Waals surface area (Å²) in [7, 11) is 0. The van der Waals surface area contributed by atoms with Crippen LogP contribution in [-0.4, -0.2) is 11.6 Å². The van der Waals surface area contributed by atoms with Crippen molar-refractivity contribution in [1.29, 1.82) is 0 Å². The number of hydrogen-bond acceptors (Lipinski definition) is 3. The monoisotopic (exact) mass is 192 g/mol. The fourth-order valence-corrected chi connectivity index (χ4v) is 1.65. The van der Waals surface area contributed by atoms with Gasteiger partial charge in [0.25, 0.3) is 0 Å². The number of hydrogen-bond donors (Lipinski definition) is 1. The van der Waals surface area contributed by atoms with Crippen LogP contribution >= 0.6 is 0 Å². The van der Waals surface area contributed by atoms with Crippen LogP contribution in [0.5, 0.6) is 5.88 Å². The fraction of sp³-hybridized carbons (Fsp3) is 0.545. The number of nitrogen functional groups attached to an aromatic ring is 1. The smallest absolute Gasteiger partial charge is 0.213 e. The maximum absolute atomic E-state index is 5.57. The molecule has 0 saturated heterocycles. The van der Waals surface area contributed by atoms with Gasteiger partial charge in [-0.3, -0.25) is 0 Å². The predicted molar refractivity (Wildman–Crippen MR) is 56.0 cm³/mol.